The third kappa shape index (κ3) is 11.0. The van der Waals surface area contributed by atoms with Crippen molar-refractivity contribution in [1.82, 2.24) is 0 Å². The van der Waals surface area contributed by atoms with Gasteiger partial charge in [0.2, 0.25) is 0 Å². The van der Waals surface area contributed by atoms with Crippen LogP contribution >= 0.6 is 0 Å². The molecule has 1 rings (SSSR count). The Bertz CT molecular complexity index is 527. The zero-order chi connectivity index (χ0) is 20.0. The zero-order valence-electron chi connectivity index (χ0n) is 16.5. The predicted octanol–water partition coefficient (Wildman–Crippen LogP) is 7.56. The molecule has 1 aromatic rings. The van der Waals surface area contributed by atoms with Crippen molar-refractivity contribution in [3.8, 4) is 0 Å². The summed E-state index contributed by atoms with van der Waals surface area (Å²) in [6.45, 7) is 2.48. The number of esters is 1. The smallest absolute Gasteiger partial charge is 0.416 e. The van der Waals surface area contributed by atoms with Gasteiger partial charge in [-0.2, -0.15) is 13.2 Å². The lowest BCUT2D eigenvalue weighted by atomic mass is 10.1. The molecule has 0 bridgehead atoms. The highest BCUT2D eigenvalue weighted by Gasteiger charge is 2.31. The van der Waals surface area contributed by atoms with Gasteiger partial charge in [0.25, 0.3) is 0 Å². The van der Waals surface area contributed by atoms with Gasteiger partial charge in [-0.25, -0.2) is 4.79 Å². The molecule has 2 nitrogen and oxygen atoms in total. The highest BCUT2D eigenvalue weighted by molar-refractivity contribution is 5.89. The van der Waals surface area contributed by atoms with E-state index in [1.165, 1.54) is 69.9 Å². The minimum absolute atomic E-state index is 0.0521. The minimum atomic E-state index is -4.45. The van der Waals surface area contributed by atoms with Gasteiger partial charge in [0.15, 0.2) is 0 Å². The van der Waals surface area contributed by atoms with Crippen molar-refractivity contribution in [2.24, 2.45) is 0 Å². The second-order valence-corrected chi connectivity index (χ2v) is 7.10. The van der Waals surface area contributed by atoms with Crippen LogP contribution in [-0.2, 0) is 10.9 Å². The van der Waals surface area contributed by atoms with Crippen LogP contribution in [0.3, 0.4) is 0 Å². The van der Waals surface area contributed by atoms with Crippen LogP contribution in [0.4, 0.5) is 13.2 Å². The van der Waals surface area contributed by atoms with Crippen LogP contribution in [0.5, 0.6) is 0 Å². The lowest BCUT2D eigenvalue weighted by Gasteiger charge is -2.09. The largest absolute Gasteiger partial charge is 0.462 e. The highest BCUT2D eigenvalue weighted by atomic mass is 19.4. The van der Waals surface area contributed by atoms with Crippen LogP contribution in [-0.4, -0.2) is 12.6 Å². The summed E-state index contributed by atoms with van der Waals surface area (Å²) >= 11 is 0. The third-order valence-electron chi connectivity index (χ3n) is 4.66. The average molecular weight is 386 g/mol. The maximum Gasteiger partial charge on any atom is 0.416 e. The van der Waals surface area contributed by atoms with E-state index in [2.05, 4.69) is 6.92 Å². The fourth-order valence-corrected chi connectivity index (χ4v) is 3.01. The zero-order valence-corrected chi connectivity index (χ0v) is 16.5. The van der Waals surface area contributed by atoms with E-state index in [9.17, 15) is 18.0 Å². The summed E-state index contributed by atoms with van der Waals surface area (Å²) in [5, 5.41) is 0. The summed E-state index contributed by atoms with van der Waals surface area (Å²) in [5.41, 5.74) is -0.883. The fraction of sp³-hybridized carbons (Fsp3) is 0.682. The number of benzene rings is 1. The van der Waals surface area contributed by atoms with Crippen molar-refractivity contribution >= 4 is 5.97 Å². The Hall–Kier alpha value is -1.52. The van der Waals surface area contributed by atoms with Crippen molar-refractivity contribution in [2.75, 3.05) is 6.61 Å². The van der Waals surface area contributed by atoms with Crippen molar-refractivity contribution in [3.63, 3.8) is 0 Å². The second kappa shape index (κ2) is 13.6. The third-order valence-corrected chi connectivity index (χ3v) is 4.66. The van der Waals surface area contributed by atoms with Gasteiger partial charge >= 0.3 is 12.1 Å². The molecule has 154 valence electrons. The first-order valence-electron chi connectivity index (χ1n) is 10.3. The molecule has 0 saturated carbocycles. The van der Waals surface area contributed by atoms with Gasteiger partial charge in [0.1, 0.15) is 0 Å². The van der Waals surface area contributed by atoms with Crippen LogP contribution in [0.15, 0.2) is 24.3 Å². The van der Waals surface area contributed by atoms with Crippen molar-refractivity contribution in [3.05, 3.63) is 35.4 Å². The molecule has 0 unspecified atom stereocenters. The quantitative estimate of drug-likeness (QED) is 0.243. The molecular weight excluding hydrogens is 353 g/mol. The van der Waals surface area contributed by atoms with E-state index in [0.717, 1.165) is 31.4 Å². The summed E-state index contributed by atoms with van der Waals surface area (Å²) in [7, 11) is 0. The Kier molecular flexibility index (Phi) is 11.9. The number of halogens is 3. The molecule has 0 saturated heterocycles. The number of hydrogen-bond donors (Lipinski definition) is 0. The molecule has 0 aliphatic rings. The Labute approximate surface area is 161 Å². The molecule has 0 aliphatic heterocycles. The molecule has 5 heteroatoms. The normalized spacial score (nSPS) is 11.6. The summed E-state index contributed by atoms with van der Waals surface area (Å²) in [4.78, 5) is 11.8. The molecule has 0 spiro atoms. The molecule has 0 aromatic heterocycles. The topological polar surface area (TPSA) is 26.3 Å². The second-order valence-electron chi connectivity index (χ2n) is 7.10. The minimum Gasteiger partial charge on any atom is -0.462 e. The highest BCUT2D eigenvalue weighted by Crippen LogP contribution is 2.29. The Morgan fingerprint density at radius 3 is 1.89 bits per heavy atom. The van der Waals surface area contributed by atoms with Crippen molar-refractivity contribution < 1.29 is 22.7 Å². The number of rotatable bonds is 14. The lowest BCUT2D eigenvalue weighted by molar-refractivity contribution is -0.137. The van der Waals surface area contributed by atoms with Crippen LogP contribution in [0.25, 0.3) is 0 Å². The Morgan fingerprint density at radius 2 is 1.37 bits per heavy atom. The van der Waals surface area contributed by atoms with Crippen LogP contribution < -0.4 is 0 Å². The molecule has 0 aliphatic carbocycles. The van der Waals surface area contributed by atoms with E-state index in [4.69, 9.17) is 4.74 Å². The molecule has 0 radical (unpaired) electrons. The Morgan fingerprint density at radius 1 is 0.852 bits per heavy atom. The van der Waals surface area contributed by atoms with Gasteiger partial charge in [-0.15, -0.1) is 0 Å². The summed E-state index contributed by atoms with van der Waals surface area (Å²) in [6, 6.07) is 4.36. The first kappa shape index (κ1) is 23.5. The van der Waals surface area contributed by atoms with Gasteiger partial charge in [0.05, 0.1) is 17.7 Å². The number of carbonyl (C=O) groups is 1. The van der Waals surface area contributed by atoms with E-state index < -0.39 is 17.7 Å². The summed E-state index contributed by atoms with van der Waals surface area (Å²) < 4.78 is 43.0. The lowest BCUT2D eigenvalue weighted by Crippen LogP contribution is -2.10. The number of ether oxygens (including phenoxy) is 1. The number of alkyl halides is 3. The molecule has 27 heavy (non-hydrogen) atoms. The first-order valence-corrected chi connectivity index (χ1v) is 10.3. The molecule has 0 atom stereocenters. The molecule has 0 fully saturated rings. The van der Waals surface area contributed by atoms with Crippen LogP contribution in [0.1, 0.15) is 99.9 Å². The van der Waals surface area contributed by atoms with Crippen LogP contribution in [0.2, 0.25) is 0 Å². The molecule has 0 N–H and O–H groups in total. The van der Waals surface area contributed by atoms with Crippen LogP contribution in [0, 0.1) is 0 Å². The van der Waals surface area contributed by atoms with Crippen molar-refractivity contribution in [2.45, 2.75) is 90.1 Å². The summed E-state index contributed by atoms with van der Waals surface area (Å²) in [6.07, 6.45) is 10.1. The average Bonchev–Trinajstić information content (AvgIpc) is 2.64. The fourth-order valence-electron chi connectivity index (χ4n) is 3.01. The van der Waals surface area contributed by atoms with Gasteiger partial charge in [-0.1, -0.05) is 83.6 Å². The maximum atomic E-state index is 12.7. The Balaban J connectivity index is 2.03. The van der Waals surface area contributed by atoms with Gasteiger partial charge in [-0.05, 0) is 24.6 Å². The standard InChI is InChI=1S/C22H33F3O2/c1-2-3-4-5-6-7-8-9-10-11-12-13-17-27-21(26)19-15-14-16-20(18-19)22(23,24)25/h14-16,18H,2-13,17H2,1H3. The molecule has 1 aromatic carbocycles. The van der Waals surface area contributed by atoms with E-state index in [-0.39, 0.29) is 12.2 Å². The first-order chi connectivity index (χ1) is 12.9. The molecule has 0 heterocycles. The molecular formula is C22H33F3O2. The van der Waals surface area contributed by atoms with E-state index >= 15 is 0 Å². The maximum absolute atomic E-state index is 12.7. The van der Waals surface area contributed by atoms with E-state index in [1.54, 1.807) is 0 Å². The monoisotopic (exact) mass is 386 g/mol. The van der Waals surface area contributed by atoms with E-state index in [0.29, 0.717) is 0 Å². The number of unbranched alkanes of at least 4 members (excludes halogenated alkanes) is 11. The van der Waals surface area contributed by atoms with Gasteiger partial charge in [-0.3, -0.25) is 0 Å². The summed E-state index contributed by atoms with van der Waals surface area (Å²) in [5.74, 6) is -0.691. The van der Waals surface area contributed by atoms with Gasteiger partial charge in [0, 0.05) is 0 Å². The SMILES string of the molecule is CCCCCCCCCCCCCCOC(=O)c1cccc(C(F)(F)F)c1. The number of hydrogen-bond acceptors (Lipinski definition) is 2. The van der Waals surface area contributed by atoms with E-state index in [1.807, 2.05) is 0 Å². The number of carbonyl (C=O) groups excluding carboxylic acids is 1. The predicted molar refractivity (Wildman–Crippen MR) is 103 cm³/mol. The molecule has 0 amide bonds. The van der Waals surface area contributed by atoms with Crippen molar-refractivity contribution in [1.29, 1.82) is 0 Å². The van der Waals surface area contributed by atoms with Gasteiger partial charge < -0.3 is 4.74 Å².